The molecule has 0 bridgehead atoms. The molecule has 4 nitrogen and oxygen atoms in total. The molecule has 0 aliphatic carbocycles. The lowest BCUT2D eigenvalue weighted by Crippen LogP contribution is -2.08. The number of nitrogens with zero attached hydrogens (tertiary/aromatic N) is 1. The first-order valence-electron chi connectivity index (χ1n) is 5.94. The molecule has 0 radical (unpaired) electrons. The first-order chi connectivity index (χ1) is 10.3. The van der Waals surface area contributed by atoms with Crippen molar-refractivity contribution >= 4 is 12.0 Å². The van der Waals surface area contributed by atoms with Gasteiger partial charge in [0.15, 0.2) is 0 Å². The molecular formula is C15H8F3NO3. The Bertz CT molecular complexity index is 782. The van der Waals surface area contributed by atoms with Crippen LogP contribution in [-0.4, -0.2) is 11.1 Å². The van der Waals surface area contributed by atoms with Crippen LogP contribution < -0.4 is 0 Å². The van der Waals surface area contributed by atoms with Crippen LogP contribution in [0.1, 0.15) is 16.9 Å². The van der Waals surface area contributed by atoms with E-state index in [1.807, 2.05) is 0 Å². The number of nitriles is 1. The average molecular weight is 307 g/mol. The molecule has 0 spiro atoms. The van der Waals surface area contributed by atoms with Crippen molar-refractivity contribution < 1.29 is 27.5 Å². The molecular weight excluding hydrogens is 299 g/mol. The highest BCUT2D eigenvalue weighted by atomic mass is 19.4. The van der Waals surface area contributed by atoms with Crippen molar-refractivity contribution in [1.82, 2.24) is 0 Å². The van der Waals surface area contributed by atoms with E-state index in [9.17, 15) is 18.0 Å². The van der Waals surface area contributed by atoms with E-state index < -0.39 is 23.3 Å². The average Bonchev–Trinajstić information content (AvgIpc) is 2.92. The quantitative estimate of drug-likeness (QED) is 0.872. The van der Waals surface area contributed by atoms with E-state index >= 15 is 0 Å². The van der Waals surface area contributed by atoms with Gasteiger partial charge in [0.2, 0.25) is 0 Å². The van der Waals surface area contributed by atoms with Gasteiger partial charge in [0.05, 0.1) is 11.1 Å². The summed E-state index contributed by atoms with van der Waals surface area (Å²) in [6, 6.07) is 7.63. The van der Waals surface area contributed by atoms with Gasteiger partial charge in [-0.25, -0.2) is 4.79 Å². The maximum Gasteiger partial charge on any atom is 0.417 e. The Morgan fingerprint density at radius 2 is 2.00 bits per heavy atom. The molecule has 0 atom stereocenters. The third-order valence-electron chi connectivity index (χ3n) is 2.76. The smallest absolute Gasteiger partial charge is 0.417 e. The van der Waals surface area contributed by atoms with Gasteiger partial charge < -0.3 is 9.52 Å². The van der Waals surface area contributed by atoms with Gasteiger partial charge in [-0.3, -0.25) is 0 Å². The molecule has 112 valence electrons. The van der Waals surface area contributed by atoms with Crippen LogP contribution in [0.4, 0.5) is 13.2 Å². The molecule has 0 saturated heterocycles. The minimum absolute atomic E-state index is 0.00713. The lowest BCUT2D eigenvalue weighted by molar-refractivity contribution is -0.137. The second-order valence-corrected chi connectivity index (χ2v) is 4.21. The summed E-state index contributed by atoms with van der Waals surface area (Å²) in [7, 11) is 0. The zero-order chi connectivity index (χ0) is 16.3. The van der Waals surface area contributed by atoms with Crippen molar-refractivity contribution in [2.45, 2.75) is 6.18 Å². The predicted octanol–water partition coefficient (Wildman–Crippen LogP) is 3.93. The van der Waals surface area contributed by atoms with Crippen molar-refractivity contribution in [3.63, 3.8) is 0 Å². The topological polar surface area (TPSA) is 74.2 Å². The van der Waals surface area contributed by atoms with Gasteiger partial charge in [-0.15, -0.1) is 0 Å². The second-order valence-electron chi connectivity index (χ2n) is 4.21. The molecule has 0 aliphatic rings. The number of benzene rings is 1. The number of carboxylic acid groups (broad SMARTS) is 1. The Balaban J connectivity index is 2.50. The minimum Gasteiger partial charge on any atom is -0.478 e. The molecule has 0 fully saturated rings. The highest BCUT2D eigenvalue weighted by Gasteiger charge is 2.34. The van der Waals surface area contributed by atoms with E-state index in [-0.39, 0.29) is 17.1 Å². The van der Waals surface area contributed by atoms with Gasteiger partial charge in [0, 0.05) is 11.6 Å². The predicted molar refractivity (Wildman–Crippen MR) is 70.5 cm³/mol. The molecule has 0 unspecified atom stereocenters. The van der Waals surface area contributed by atoms with Crippen molar-refractivity contribution in [2.75, 3.05) is 0 Å². The van der Waals surface area contributed by atoms with Gasteiger partial charge >= 0.3 is 12.1 Å². The van der Waals surface area contributed by atoms with Gasteiger partial charge in [0.1, 0.15) is 17.6 Å². The first kappa shape index (κ1) is 15.4. The zero-order valence-electron chi connectivity index (χ0n) is 10.9. The van der Waals surface area contributed by atoms with E-state index in [0.29, 0.717) is 0 Å². The minimum atomic E-state index is -4.65. The Morgan fingerprint density at radius 1 is 1.27 bits per heavy atom. The van der Waals surface area contributed by atoms with Crippen molar-refractivity contribution in [3.05, 3.63) is 53.3 Å². The molecule has 1 aromatic heterocycles. The van der Waals surface area contributed by atoms with Crippen LogP contribution in [0.25, 0.3) is 17.4 Å². The normalized spacial score (nSPS) is 11.5. The standard InChI is InChI=1S/C15H8F3NO3/c16-15(17,18)12-3-1-2-10(11(12)8-19)13-6-4-9(22-13)5-7-14(20)21/h1-7H,(H,20,21)/b7-5+. The lowest BCUT2D eigenvalue weighted by Gasteiger charge is -2.10. The maximum absolute atomic E-state index is 12.9. The van der Waals surface area contributed by atoms with E-state index in [1.165, 1.54) is 30.3 Å². The summed E-state index contributed by atoms with van der Waals surface area (Å²) in [5, 5.41) is 17.5. The zero-order valence-corrected chi connectivity index (χ0v) is 10.9. The number of carbonyl (C=O) groups is 1. The first-order valence-corrected chi connectivity index (χ1v) is 5.94. The van der Waals surface area contributed by atoms with Crippen LogP contribution in [0.15, 0.2) is 40.8 Å². The van der Waals surface area contributed by atoms with Crippen LogP contribution in [-0.2, 0) is 11.0 Å². The largest absolute Gasteiger partial charge is 0.478 e. The van der Waals surface area contributed by atoms with Crippen LogP contribution in [0, 0.1) is 11.3 Å². The monoisotopic (exact) mass is 307 g/mol. The molecule has 1 heterocycles. The number of halogens is 3. The van der Waals surface area contributed by atoms with Gasteiger partial charge in [-0.2, -0.15) is 18.4 Å². The summed E-state index contributed by atoms with van der Waals surface area (Å²) in [5.74, 6) is -0.985. The Labute approximate surface area is 122 Å². The number of hydrogen-bond acceptors (Lipinski definition) is 3. The fourth-order valence-electron chi connectivity index (χ4n) is 1.85. The molecule has 2 rings (SSSR count). The molecule has 0 saturated carbocycles. The highest BCUT2D eigenvalue weighted by molar-refractivity contribution is 5.85. The van der Waals surface area contributed by atoms with Gasteiger partial charge in [0.25, 0.3) is 0 Å². The summed E-state index contributed by atoms with van der Waals surface area (Å²) in [6.45, 7) is 0. The summed E-state index contributed by atoms with van der Waals surface area (Å²) >= 11 is 0. The number of carboxylic acids is 1. The van der Waals surface area contributed by atoms with Crippen LogP contribution in [0.5, 0.6) is 0 Å². The number of alkyl halides is 3. The number of aliphatic carboxylic acids is 1. The molecule has 1 N–H and O–H groups in total. The van der Waals surface area contributed by atoms with Crippen LogP contribution in [0.2, 0.25) is 0 Å². The summed E-state index contributed by atoms with van der Waals surface area (Å²) in [5.41, 5.74) is -1.60. The summed E-state index contributed by atoms with van der Waals surface area (Å²) < 4.78 is 43.9. The van der Waals surface area contributed by atoms with Crippen molar-refractivity contribution in [3.8, 4) is 17.4 Å². The second kappa shape index (κ2) is 5.77. The Hall–Kier alpha value is -3.01. The van der Waals surface area contributed by atoms with Gasteiger partial charge in [-0.05, 0) is 30.3 Å². The van der Waals surface area contributed by atoms with Crippen LogP contribution >= 0.6 is 0 Å². The molecule has 0 amide bonds. The molecule has 2 aromatic rings. The fraction of sp³-hybridized carbons (Fsp3) is 0.0667. The van der Waals surface area contributed by atoms with Crippen LogP contribution in [0.3, 0.4) is 0 Å². The van der Waals surface area contributed by atoms with E-state index in [1.54, 1.807) is 0 Å². The summed E-state index contributed by atoms with van der Waals surface area (Å²) in [4.78, 5) is 10.4. The number of hydrogen-bond donors (Lipinski definition) is 1. The summed E-state index contributed by atoms with van der Waals surface area (Å²) in [6.07, 6.45) is -2.66. The number of furan rings is 1. The fourth-order valence-corrected chi connectivity index (χ4v) is 1.85. The Morgan fingerprint density at radius 3 is 2.59 bits per heavy atom. The van der Waals surface area contributed by atoms with E-state index in [2.05, 4.69) is 0 Å². The Kier molecular flexibility index (Phi) is 4.04. The lowest BCUT2D eigenvalue weighted by atomic mass is 10.00. The third-order valence-corrected chi connectivity index (χ3v) is 2.76. The van der Waals surface area contributed by atoms with Crippen molar-refractivity contribution in [2.24, 2.45) is 0 Å². The SMILES string of the molecule is N#Cc1c(-c2ccc(/C=C/C(=O)O)o2)cccc1C(F)(F)F. The van der Waals surface area contributed by atoms with E-state index in [0.717, 1.165) is 18.2 Å². The molecule has 0 aliphatic heterocycles. The molecule has 1 aromatic carbocycles. The van der Waals surface area contributed by atoms with E-state index in [4.69, 9.17) is 14.8 Å². The molecule has 7 heteroatoms. The molecule has 22 heavy (non-hydrogen) atoms. The third kappa shape index (κ3) is 3.17. The van der Waals surface area contributed by atoms with Crippen molar-refractivity contribution in [1.29, 1.82) is 5.26 Å². The maximum atomic E-state index is 12.9. The van der Waals surface area contributed by atoms with Gasteiger partial charge in [-0.1, -0.05) is 6.07 Å². The number of rotatable bonds is 3. The highest BCUT2D eigenvalue weighted by Crippen LogP contribution is 2.36.